The molecule has 0 aliphatic heterocycles. The molecule has 0 heterocycles. The molecule has 0 radical (unpaired) electrons. The number of rotatable bonds is 5. The number of hydrogen-bond acceptors (Lipinski definition) is 3. The molecule has 0 saturated carbocycles. The van der Waals surface area contributed by atoms with Crippen LogP contribution in [0.5, 0.6) is 5.75 Å². The average molecular weight is 279 g/mol. The molecule has 0 spiro atoms. The van der Waals surface area contributed by atoms with Crippen LogP contribution in [0.1, 0.15) is 28.2 Å². The van der Waals surface area contributed by atoms with Crippen molar-refractivity contribution in [3.63, 3.8) is 0 Å². The Labute approximate surface area is 106 Å². The van der Waals surface area contributed by atoms with Crippen LogP contribution in [0.3, 0.4) is 0 Å². The van der Waals surface area contributed by atoms with Gasteiger partial charge in [0.1, 0.15) is 11.1 Å². The minimum atomic E-state index is -3.14. The number of carboxylic acids is 1. The van der Waals surface area contributed by atoms with Crippen molar-refractivity contribution in [1.82, 2.24) is 0 Å². The predicted octanol–water partition coefficient (Wildman–Crippen LogP) is 2.86. The summed E-state index contributed by atoms with van der Waals surface area (Å²) in [5.41, 5.74) is -0.609. The summed E-state index contributed by atoms with van der Waals surface area (Å²) < 4.78 is 28.6. The van der Waals surface area contributed by atoms with Crippen LogP contribution >= 0.6 is 11.6 Å². The summed E-state index contributed by atoms with van der Waals surface area (Å²) in [6.45, 7) is -2.01. The Kier molecular flexibility index (Phi) is 4.61. The van der Waals surface area contributed by atoms with Gasteiger partial charge in [-0.1, -0.05) is 6.07 Å². The fraction of sp³-hybridized carbons (Fsp3) is 0.273. The topological polar surface area (TPSA) is 63.6 Å². The summed E-state index contributed by atoms with van der Waals surface area (Å²) in [6.07, 6.45) is 0. The van der Waals surface area contributed by atoms with Crippen molar-refractivity contribution >= 4 is 23.4 Å². The van der Waals surface area contributed by atoms with Gasteiger partial charge < -0.3 is 9.84 Å². The van der Waals surface area contributed by atoms with Crippen LogP contribution in [0.15, 0.2) is 18.2 Å². The molecule has 1 rings (SSSR count). The third-order valence-corrected chi connectivity index (χ3v) is 2.65. The molecule has 4 nitrogen and oxygen atoms in total. The van der Waals surface area contributed by atoms with E-state index in [0.717, 1.165) is 19.1 Å². The van der Waals surface area contributed by atoms with Gasteiger partial charge >= 0.3 is 12.6 Å². The number of ether oxygens (including phenoxy) is 1. The zero-order valence-electron chi connectivity index (χ0n) is 9.19. The molecule has 1 unspecified atom stereocenters. The Morgan fingerprint density at radius 2 is 2.00 bits per heavy atom. The average Bonchev–Trinajstić information content (AvgIpc) is 2.26. The molecule has 0 amide bonds. The molecule has 1 aromatic carbocycles. The fourth-order valence-electron chi connectivity index (χ4n) is 1.39. The quantitative estimate of drug-likeness (QED) is 0.841. The molecule has 0 aliphatic rings. The zero-order chi connectivity index (χ0) is 13.9. The summed E-state index contributed by atoms with van der Waals surface area (Å²) in [4.78, 5) is 22.2. The van der Waals surface area contributed by atoms with Gasteiger partial charge in [-0.15, -0.1) is 11.6 Å². The summed E-state index contributed by atoms with van der Waals surface area (Å²) in [6, 6.07) is 3.52. The molecule has 0 bridgehead atoms. The van der Waals surface area contributed by atoms with Gasteiger partial charge in [0.2, 0.25) is 0 Å². The minimum absolute atomic E-state index is 0.264. The highest BCUT2D eigenvalue weighted by Crippen LogP contribution is 2.34. The van der Waals surface area contributed by atoms with Crippen molar-refractivity contribution in [1.29, 1.82) is 0 Å². The fourth-order valence-corrected chi connectivity index (χ4v) is 1.62. The third kappa shape index (κ3) is 3.16. The first kappa shape index (κ1) is 14.4. The molecule has 7 heteroatoms. The van der Waals surface area contributed by atoms with Gasteiger partial charge in [-0.05, 0) is 19.1 Å². The van der Waals surface area contributed by atoms with Crippen molar-refractivity contribution < 1.29 is 28.2 Å². The van der Waals surface area contributed by atoms with Crippen LogP contribution in [-0.4, -0.2) is 23.5 Å². The normalized spacial score (nSPS) is 12.3. The molecule has 1 atom stereocenters. The number of Topliss-reactive ketones (excluding diaryl/α,β-unsaturated/α-hetero) is 1. The highest BCUT2D eigenvalue weighted by molar-refractivity contribution is 6.31. The number of benzene rings is 1. The van der Waals surface area contributed by atoms with E-state index in [2.05, 4.69) is 4.74 Å². The second kappa shape index (κ2) is 5.77. The number of carbonyl (C=O) groups excluding carboxylic acids is 1. The Morgan fingerprint density at radius 3 is 2.44 bits per heavy atom. The van der Waals surface area contributed by atoms with Gasteiger partial charge in [0, 0.05) is 5.56 Å². The lowest BCUT2D eigenvalue weighted by molar-refractivity contribution is -0.116. The molecular weight excluding hydrogens is 270 g/mol. The van der Waals surface area contributed by atoms with Crippen molar-refractivity contribution in [3.8, 4) is 5.75 Å². The summed E-state index contributed by atoms with van der Waals surface area (Å²) in [5.74, 6) is -2.36. The zero-order valence-corrected chi connectivity index (χ0v) is 9.95. The van der Waals surface area contributed by atoms with E-state index in [1.165, 1.54) is 6.07 Å². The lowest BCUT2D eigenvalue weighted by atomic mass is 10.0. The van der Waals surface area contributed by atoms with Crippen molar-refractivity contribution in [2.45, 2.75) is 18.9 Å². The van der Waals surface area contributed by atoms with E-state index in [1.807, 2.05) is 0 Å². The van der Waals surface area contributed by atoms with E-state index in [4.69, 9.17) is 16.7 Å². The van der Waals surface area contributed by atoms with Crippen LogP contribution in [0.2, 0.25) is 0 Å². The second-order valence-corrected chi connectivity index (χ2v) is 3.81. The number of halogens is 3. The summed E-state index contributed by atoms with van der Waals surface area (Å²) in [5, 5.41) is 7.59. The number of alkyl halides is 3. The summed E-state index contributed by atoms with van der Waals surface area (Å²) >= 11 is 5.74. The summed E-state index contributed by atoms with van der Waals surface area (Å²) in [7, 11) is 0. The predicted molar refractivity (Wildman–Crippen MR) is 59.3 cm³/mol. The van der Waals surface area contributed by atoms with Crippen LogP contribution in [0.25, 0.3) is 0 Å². The standard InChI is InChI=1S/C11H9ClF2O4/c1-5(15)9(12)8-6(10(16)17)3-2-4-7(8)18-11(13)14/h2-4,9,11H,1H3,(H,16,17). The SMILES string of the molecule is CC(=O)C(Cl)c1c(OC(F)F)cccc1C(=O)O. The molecule has 0 fully saturated rings. The molecule has 0 saturated heterocycles. The Hall–Kier alpha value is -1.69. The smallest absolute Gasteiger partial charge is 0.387 e. The van der Waals surface area contributed by atoms with Crippen LogP contribution in [0.4, 0.5) is 8.78 Å². The highest BCUT2D eigenvalue weighted by Gasteiger charge is 2.26. The number of carbonyl (C=O) groups is 2. The monoisotopic (exact) mass is 278 g/mol. The Balaban J connectivity index is 3.38. The molecular formula is C11H9ClF2O4. The lowest BCUT2D eigenvalue weighted by Gasteiger charge is -2.15. The lowest BCUT2D eigenvalue weighted by Crippen LogP contribution is -2.13. The molecule has 0 aromatic heterocycles. The highest BCUT2D eigenvalue weighted by atomic mass is 35.5. The molecule has 0 aliphatic carbocycles. The van der Waals surface area contributed by atoms with Crippen molar-refractivity contribution in [2.24, 2.45) is 0 Å². The van der Waals surface area contributed by atoms with E-state index in [1.54, 1.807) is 0 Å². The number of carboxylic acid groups (broad SMARTS) is 1. The first-order valence-electron chi connectivity index (χ1n) is 4.80. The maximum absolute atomic E-state index is 12.2. The largest absolute Gasteiger partial charge is 0.478 e. The van der Waals surface area contributed by atoms with E-state index >= 15 is 0 Å². The molecule has 18 heavy (non-hydrogen) atoms. The number of aromatic carboxylic acids is 1. The van der Waals surface area contributed by atoms with Crippen LogP contribution in [-0.2, 0) is 4.79 Å². The van der Waals surface area contributed by atoms with Crippen molar-refractivity contribution in [2.75, 3.05) is 0 Å². The van der Waals surface area contributed by atoms with Gasteiger partial charge in [0.15, 0.2) is 5.78 Å². The first-order chi connectivity index (χ1) is 8.34. The van der Waals surface area contributed by atoms with Gasteiger partial charge in [-0.25, -0.2) is 4.79 Å². The van der Waals surface area contributed by atoms with Gasteiger partial charge in [0.05, 0.1) is 5.56 Å². The number of ketones is 1. The first-order valence-corrected chi connectivity index (χ1v) is 5.23. The van der Waals surface area contributed by atoms with Crippen molar-refractivity contribution in [3.05, 3.63) is 29.3 Å². The number of hydrogen-bond donors (Lipinski definition) is 1. The van der Waals surface area contributed by atoms with Gasteiger partial charge in [0.25, 0.3) is 0 Å². The van der Waals surface area contributed by atoms with Crippen LogP contribution < -0.4 is 4.74 Å². The van der Waals surface area contributed by atoms with E-state index < -0.39 is 29.5 Å². The maximum atomic E-state index is 12.2. The van der Waals surface area contributed by atoms with Gasteiger partial charge in [-0.2, -0.15) is 8.78 Å². The molecule has 1 N–H and O–H groups in total. The minimum Gasteiger partial charge on any atom is -0.478 e. The van der Waals surface area contributed by atoms with Gasteiger partial charge in [-0.3, -0.25) is 4.79 Å². The third-order valence-electron chi connectivity index (χ3n) is 2.12. The van der Waals surface area contributed by atoms with Crippen LogP contribution in [0, 0.1) is 0 Å². The van der Waals surface area contributed by atoms with E-state index in [-0.39, 0.29) is 11.1 Å². The maximum Gasteiger partial charge on any atom is 0.387 e. The van der Waals surface area contributed by atoms with E-state index in [0.29, 0.717) is 0 Å². The molecule has 1 aromatic rings. The Morgan fingerprint density at radius 1 is 1.39 bits per heavy atom. The van der Waals surface area contributed by atoms with E-state index in [9.17, 15) is 18.4 Å². The Bertz CT molecular complexity index is 476. The second-order valence-electron chi connectivity index (χ2n) is 3.37. The molecule has 98 valence electrons.